The van der Waals surface area contributed by atoms with Gasteiger partial charge in [-0.1, -0.05) is 30.3 Å². The highest BCUT2D eigenvalue weighted by Gasteiger charge is 2.40. The molecule has 1 aromatic heterocycles. The smallest absolute Gasteiger partial charge is 0.255 e. The molecule has 2 aliphatic heterocycles. The number of likely N-dealkylation sites (tertiary alicyclic amines) is 1. The summed E-state index contributed by atoms with van der Waals surface area (Å²) < 4.78 is 5.52. The Morgan fingerprint density at radius 3 is 2.62 bits per heavy atom. The summed E-state index contributed by atoms with van der Waals surface area (Å²) in [5.74, 6) is 0.0524. The van der Waals surface area contributed by atoms with E-state index < -0.39 is 0 Å². The Labute approximate surface area is 153 Å². The molecule has 1 aromatic carbocycles. The number of amides is 1. The predicted octanol–water partition coefficient (Wildman–Crippen LogP) is 1.63. The lowest BCUT2D eigenvalue weighted by Gasteiger charge is -2.37. The lowest BCUT2D eigenvalue weighted by atomic mass is 9.98. The van der Waals surface area contributed by atoms with E-state index in [0.717, 1.165) is 45.7 Å². The summed E-state index contributed by atoms with van der Waals surface area (Å²) in [6, 6.07) is 12.7. The van der Waals surface area contributed by atoms with Gasteiger partial charge < -0.3 is 9.64 Å². The highest BCUT2D eigenvalue weighted by atomic mass is 16.5. The van der Waals surface area contributed by atoms with Crippen molar-refractivity contribution in [2.24, 2.45) is 0 Å². The number of carbonyl (C=O) groups is 1. The molecule has 0 bridgehead atoms. The molecule has 6 nitrogen and oxygen atoms in total. The van der Waals surface area contributed by atoms with Crippen LogP contribution in [-0.2, 0) is 11.2 Å². The van der Waals surface area contributed by atoms with E-state index in [9.17, 15) is 4.79 Å². The molecule has 6 heteroatoms. The zero-order valence-electron chi connectivity index (χ0n) is 14.8. The fourth-order valence-electron chi connectivity index (χ4n) is 4.11. The summed E-state index contributed by atoms with van der Waals surface area (Å²) in [5, 5.41) is 7.66. The zero-order valence-corrected chi connectivity index (χ0v) is 14.8. The molecular formula is C20H24N4O2. The van der Waals surface area contributed by atoms with Crippen LogP contribution in [0.3, 0.4) is 0 Å². The van der Waals surface area contributed by atoms with E-state index in [-0.39, 0.29) is 11.9 Å². The second-order valence-electron chi connectivity index (χ2n) is 6.89. The standard InChI is InChI=1S/C20H24N4O2/c25-20(17-6-8-21-22-15-17)24-9-7-18(23-10-12-26-13-11-23)19(24)14-16-4-2-1-3-5-16/h1-6,8,15,18-19H,7,9-14H2/t18-,19+/m0/s1. The average molecular weight is 352 g/mol. The van der Waals surface area contributed by atoms with Crippen LogP contribution < -0.4 is 0 Å². The maximum absolute atomic E-state index is 13.1. The molecule has 26 heavy (non-hydrogen) atoms. The Bertz CT molecular complexity index is 719. The Morgan fingerprint density at radius 1 is 1.08 bits per heavy atom. The Morgan fingerprint density at radius 2 is 1.88 bits per heavy atom. The molecule has 0 aliphatic carbocycles. The van der Waals surface area contributed by atoms with Crippen molar-refractivity contribution in [3.63, 3.8) is 0 Å². The molecular weight excluding hydrogens is 328 g/mol. The van der Waals surface area contributed by atoms with E-state index in [0.29, 0.717) is 11.6 Å². The lowest BCUT2D eigenvalue weighted by molar-refractivity contribution is 0.00864. The van der Waals surface area contributed by atoms with E-state index >= 15 is 0 Å². The molecule has 2 aliphatic rings. The van der Waals surface area contributed by atoms with Crippen molar-refractivity contribution in [3.8, 4) is 0 Å². The lowest BCUT2D eigenvalue weighted by Crippen LogP contribution is -2.51. The molecule has 0 spiro atoms. The molecule has 0 saturated carbocycles. The molecule has 2 fully saturated rings. The van der Waals surface area contributed by atoms with Gasteiger partial charge in [-0.2, -0.15) is 10.2 Å². The molecule has 1 amide bonds. The second-order valence-corrected chi connectivity index (χ2v) is 6.89. The third-order valence-electron chi connectivity index (χ3n) is 5.40. The number of morpholine rings is 1. The van der Waals surface area contributed by atoms with Gasteiger partial charge in [0.1, 0.15) is 0 Å². The number of aromatic nitrogens is 2. The minimum atomic E-state index is 0.0524. The fraction of sp³-hybridized carbons (Fsp3) is 0.450. The third kappa shape index (κ3) is 3.61. The van der Waals surface area contributed by atoms with Crippen molar-refractivity contribution in [2.75, 3.05) is 32.8 Å². The Balaban J connectivity index is 1.58. The van der Waals surface area contributed by atoms with E-state index in [4.69, 9.17) is 4.74 Å². The van der Waals surface area contributed by atoms with Crippen LogP contribution in [0.1, 0.15) is 22.3 Å². The van der Waals surface area contributed by atoms with Gasteiger partial charge in [0.15, 0.2) is 0 Å². The van der Waals surface area contributed by atoms with Gasteiger partial charge >= 0.3 is 0 Å². The SMILES string of the molecule is O=C(c1ccnnc1)N1CC[C@H](N2CCOCC2)[C@H]1Cc1ccccc1. The van der Waals surface area contributed by atoms with Crippen LogP contribution in [0.25, 0.3) is 0 Å². The predicted molar refractivity (Wildman–Crippen MR) is 97.8 cm³/mol. The van der Waals surface area contributed by atoms with Gasteiger partial charge in [0.05, 0.1) is 37.2 Å². The van der Waals surface area contributed by atoms with E-state index in [2.05, 4.69) is 39.4 Å². The Hall–Kier alpha value is -2.31. The van der Waals surface area contributed by atoms with Crippen molar-refractivity contribution in [1.82, 2.24) is 20.0 Å². The summed E-state index contributed by atoms with van der Waals surface area (Å²) in [5.41, 5.74) is 1.88. The molecule has 4 rings (SSSR count). The number of hydrogen-bond donors (Lipinski definition) is 0. The zero-order chi connectivity index (χ0) is 17.8. The van der Waals surface area contributed by atoms with Crippen molar-refractivity contribution < 1.29 is 9.53 Å². The van der Waals surface area contributed by atoms with E-state index in [1.165, 1.54) is 5.56 Å². The van der Waals surface area contributed by atoms with Gasteiger partial charge in [-0.25, -0.2) is 0 Å². The molecule has 3 heterocycles. The summed E-state index contributed by atoms with van der Waals surface area (Å²) in [6.45, 7) is 4.21. The van der Waals surface area contributed by atoms with Gasteiger partial charge in [0.2, 0.25) is 0 Å². The van der Waals surface area contributed by atoms with Crippen LogP contribution in [0.15, 0.2) is 48.8 Å². The van der Waals surface area contributed by atoms with Crippen LogP contribution >= 0.6 is 0 Å². The van der Waals surface area contributed by atoms with Gasteiger partial charge in [-0.05, 0) is 24.5 Å². The first-order valence-corrected chi connectivity index (χ1v) is 9.26. The maximum Gasteiger partial charge on any atom is 0.255 e. The number of benzene rings is 1. The van der Waals surface area contributed by atoms with Gasteiger partial charge in [0, 0.05) is 25.7 Å². The highest BCUT2D eigenvalue weighted by molar-refractivity contribution is 5.94. The molecule has 2 saturated heterocycles. The number of rotatable bonds is 4. The normalized spacial score (nSPS) is 23.9. The molecule has 0 unspecified atom stereocenters. The van der Waals surface area contributed by atoms with Gasteiger partial charge in [0.25, 0.3) is 5.91 Å². The number of hydrogen-bond acceptors (Lipinski definition) is 5. The summed E-state index contributed by atoms with van der Waals surface area (Å²) in [4.78, 5) is 17.6. The second kappa shape index (κ2) is 7.93. The van der Waals surface area contributed by atoms with Crippen LogP contribution in [0, 0.1) is 0 Å². The summed E-state index contributed by atoms with van der Waals surface area (Å²) in [7, 11) is 0. The molecule has 0 N–H and O–H groups in total. The van der Waals surface area contributed by atoms with Crippen molar-refractivity contribution >= 4 is 5.91 Å². The first-order chi connectivity index (χ1) is 12.8. The number of carbonyl (C=O) groups excluding carboxylic acids is 1. The number of nitrogens with zero attached hydrogens (tertiary/aromatic N) is 4. The van der Waals surface area contributed by atoms with Crippen LogP contribution in [0.5, 0.6) is 0 Å². The van der Waals surface area contributed by atoms with Crippen LogP contribution in [0.4, 0.5) is 0 Å². The summed E-state index contributed by atoms with van der Waals surface area (Å²) in [6.07, 6.45) is 5.01. The largest absolute Gasteiger partial charge is 0.379 e. The third-order valence-corrected chi connectivity index (χ3v) is 5.40. The minimum Gasteiger partial charge on any atom is -0.379 e. The highest BCUT2D eigenvalue weighted by Crippen LogP contribution is 2.28. The topological polar surface area (TPSA) is 58.6 Å². The minimum absolute atomic E-state index is 0.0524. The van der Waals surface area contributed by atoms with Crippen molar-refractivity contribution in [1.29, 1.82) is 0 Å². The Kier molecular flexibility index (Phi) is 5.22. The van der Waals surface area contributed by atoms with Crippen molar-refractivity contribution in [2.45, 2.75) is 24.9 Å². The quantitative estimate of drug-likeness (QED) is 0.837. The summed E-state index contributed by atoms with van der Waals surface area (Å²) >= 11 is 0. The molecule has 2 aromatic rings. The van der Waals surface area contributed by atoms with Crippen LogP contribution in [-0.4, -0.2) is 70.8 Å². The fourth-order valence-corrected chi connectivity index (χ4v) is 4.11. The van der Waals surface area contributed by atoms with Crippen molar-refractivity contribution in [3.05, 3.63) is 59.9 Å². The first-order valence-electron chi connectivity index (χ1n) is 9.26. The first kappa shape index (κ1) is 17.1. The van der Waals surface area contributed by atoms with E-state index in [1.54, 1.807) is 18.5 Å². The molecule has 136 valence electrons. The average Bonchev–Trinajstić information content (AvgIpc) is 3.13. The van der Waals surface area contributed by atoms with Gasteiger partial charge in [-0.15, -0.1) is 0 Å². The number of ether oxygens (including phenoxy) is 1. The van der Waals surface area contributed by atoms with Crippen LogP contribution in [0.2, 0.25) is 0 Å². The van der Waals surface area contributed by atoms with Gasteiger partial charge in [-0.3, -0.25) is 9.69 Å². The molecule has 2 atom stereocenters. The van der Waals surface area contributed by atoms with E-state index in [1.807, 2.05) is 11.0 Å². The maximum atomic E-state index is 13.1. The monoisotopic (exact) mass is 352 g/mol. The molecule has 0 radical (unpaired) electrons.